The fraction of sp³-hybridized carbons (Fsp3) is 1.00. The van der Waals surface area contributed by atoms with Gasteiger partial charge in [0.25, 0.3) is 0 Å². The lowest BCUT2D eigenvalue weighted by molar-refractivity contribution is 0.0820. The van der Waals surface area contributed by atoms with Crippen LogP contribution in [-0.2, 0) is 18.8 Å². The standard InChI is InChI=1S/C22H46O4S.H3N/c1-5-6-7-8-9-10-11-12-13-14-15-16-17-18-19-20-21-22(2,3)26-27(23,24)25-4;/h5-21H2,1-4H3;1H3. The summed E-state index contributed by atoms with van der Waals surface area (Å²) < 4.78 is 32.1. The molecular formula is C22H49NO4S. The van der Waals surface area contributed by atoms with Crippen LogP contribution in [0.1, 0.15) is 130 Å². The van der Waals surface area contributed by atoms with Gasteiger partial charge in [-0.3, -0.25) is 4.18 Å². The Hall–Kier alpha value is -0.170. The van der Waals surface area contributed by atoms with E-state index in [1.807, 2.05) is 0 Å². The molecule has 0 aromatic carbocycles. The molecule has 0 amide bonds. The minimum Gasteiger partial charge on any atom is -0.344 e. The quantitative estimate of drug-likeness (QED) is 0.205. The van der Waals surface area contributed by atoms with Crippen LogP contribution in [-0.4, -0.2) is 21.1 Å². The van der Waals surface area contributed by atoms with Gasteiger partial charge < -0.3 is 6.15 Å². The van der Waals surface area contributed by atoms with Crippen molar-refractivity contribution in [2.75, 3.05) is 7.11 Å². The summed E-state index contributed by atoms with van der Waals surface area (Å²) >= 11 is 0. The molecule has 0 unspecified atom stereocenters. The number of hydrogen-bond donors (Lipinski definition) is 1. The van der Waals surface area contributed by atoms with Crippen molar-refractivity contribution in [2.24, 2.45) is 0 Å². The third-order valence-electron chi connectivity index (χ3n) is 5.16. The molecule has 0 fully saturated rings. The van der Waals surface area contributed by atoms with Gasteiger partial charge in [-0.2, -0.15) is 8.42 Å². The largest absolute Gasteiger partial charge is 0.400 e. The molecule has 28 heavy (non-hydrogen) atoms. The van der Waals surface area contributed by atoms with Crippen LogP contribution < -0.4 is 6.15 Å². The van der Waals surface area contributed by atoms with Crippen LogP contribution in [0.25, 0.3) is 0 Å². The fourth-order valence-corrected chi connectivity index (χ4v) is 4.15. The van der Waals surface area contributed by atoms with Gasteiger partial charge in [0.1, 0.15) is 0 Å². The monoisotopic (exact) mass is 423 g/mol. The Bertz CT molecular complexity index is 424. The smallest absolute Gasteiger partial charge is 0.344 e. The van der Waals surface area contributed by atoms with Gasteiger partial charge in [-0.25, -0.2) is 4.18 Å². The minimum absolute atomic E-state index is 0. The lowest BCUT2D eigenvalue weighted by atomic mass is 9.99. The molecule has 0 rings (SSSR count). The Morgan fingerprint density at radius 1 is 0.643 bits per heavy atom. The van der Waals surface area contributed by atoms with Gasteiger partial charge in [0, 0.05) is 0 Å². The highest BCUT2D eigenvalue weighted by molar-refractivity contribution is 7.81. The average Bonchev–Trinajstić information content (AvgIpc) is 2.60. The molecule has 0 saturated heterocycles. The molecule has 0 bridgehead atoms. The van der Waals surface area contributed by atoms with E-state index in [-0.39, 0.29) is 6.15 Å². The summed E-state index contributed by atoms with van der Waals surface area (Å²) in [6, 6.07) is 0. The Balaban J connectivity index is 0. The molecular weight excluding hydrogens is 374 g/mol. The molecule has 0 aliphatic carbocycles. The third-order valence-corrected chi connectivity index (χ3v) is 6.23. The molecule has 0 heterocycles. The summed E-state index contributed by atoms with van der Waals surface area (Å²) in [6.07, 6.45) is 22.1. The van der Waals surface area contributed by atoms with Crippen molar-refractivity contribution in [1.29, 1.82) is 0 Å². The van der Waals surface area contributed by atoms with E-state index in [2.05, 4.69) is 11.1 Å². The molecule has 0 aromatic rings. The number of rotatable bonds is 20. The third kappa shape index (κ3) is 20.6. The fourth-order valence-electron chi connectivity index (χ4n) is 3.45. The second-order valence-electron chi connectivity index (χ2n) is 8.47. The SMILES string of the molecule is CCCCCCCCCCCCCCCCCCC(C)(C)OS(=O)(=O)OC.N. The lowest BCUT2D eigenvalue weighted by Gasteiger charge is -2.23. The molecule has 0 spiro atoms. The van der Waals surface area contributed by atoms with Gasteiger partial charge in [-0.15, -0.1) is 0 Å². The Kier molecular flexibility index (Phi) is 20.2. The van der Waals surface area contributed by atoms with E-state index < -0.39 is 16.0 Å². The first-order valence-electron chi connectivity index (χ1n) is 11.3. The van der Waals surface area contributed by atoms with E-state index in [1.54, 1.807) is 13.8 Å². The molecule has 0 aliphatic rings. The van der Waals surface area contributed by atoms with Crippen molar-refractivity contribution in [3.05, 3.63) is 0 Å². The second kappa shape index (κ2) is 18.8. The summed E-state index contributed by atoms with van der Waals surface area (Å²) in [6.45, 7) is 5.87. The highest BCUT2D eigenvalue weighted by Crippen LogP contribution is 2.22. The summed E-state index contributed by atoms with van der Waals surface area (Å²) in [5, 5.41) is 0. The van der Waals surface area contributed by atoms with Gasteiger partial charge in [0.05, 0.1) is 12.7 Å². The van der Waals surface area contributed by atoms with Crippen molar-refractivity contribution >= 4 is 10.4 Å². The van der Waals surface area contributed by atoms with E-state index in [9.17, 15) is 8.42 Å². The number of hydrogen-bond acceptors (Lipinski definition) is 5. The normalized spacial score (nSPS) is 12.1. The van der Waals surface area contributed by atoms with E-state index in [0.29, 0.717) is 0 Å². The molecule has 3 N–H and O–H groups in total. The van der Waals surface area contributed by atoms with Crippen LogP contribution in [0.3, 0.4) is 0 Å². The zero-order valence-corrected chi connectivity index (χ0v) is 20.1. The topological polar surface area (TPSA) is 87.6 Å². The average molecular weight is 424 g/mol. The maximum Gasteiger partial charge on any atom is 0.400 e. The molecule has 172 valence electrons. The van der Waals surface area contributed by atoms with Gasteiger partial charge in [0.15, 0.2) is 0 Å². The maximum atomic E-state index is 11.3. The van der Waals surface area contributed by atoms with Crippen LogP contribution in [0.4, 0.5) is 0 Å². The first kappa shape index (κ1) is 30.0. The number of unbranched alkanes of at least 4 members (excludes halogenated alkanes) is 15. The predicted molar refractivity (Wildman–Crippen MR) is 120 cm³/mol. The maximum absolute atomic E-state index is 11.3. The van der Waals surface area contributed by atoms with E-state index in [0.717, 1.165) is 26.4 Å². The van der Waals surface area contributed by atoms with E-state index in [4.69, 9.17) is 4.18 Å². The summed E-state index contributed by atoms with van der Waals surface area (Å²) in [5.41, 5.74) is -0.690. The van der Waals surface area contributed by atoms with Crippen LogP contribution in [0.15, 0.2) is 0 Å². The van der Waals surface area contributed by atoms with Gasteiger partial charge in [-0.1, -0.05) is 110 Å². The molecule has 5 nitrogen and oxygen atoms in total. The molecule has 0 radical (unpaired) electrons. The lowest BCUT2D eigenvalue weighted by Crippen LogP contribution is -2.28. The van der Waals surface area contributed by atoms with Crippen LogP contribution in [0, 0.1) is 0 Å². The van der Waals surface area contributed by atoms with Crippen molar-refractivity contribution < 1.29 is 16.8 Å². The molecule has 0 aliphatic heterocycles. The van der Waals surface area contributed by atoms with Crippen molar-refractivity contribution in [3.63, 3.8) is 0 Å². The van der Waals surface area contributed by atoms with Crippen molar-refractivity contribution in [2.45, 2.75) is 136 Å². The van der Waals surface area contributed by atoms with Gasteiger partial charge in [0.2, 0.25) is 0 Å². The van der Waals surface area contributed by atoms with Crippen LogP contribution >= 0.6 is 0 Å². The highest BCUT2D eigenvalue weighted by Gasteiger charge is 2.26. The summed E-state index contributed by atoms with van der Waals surface area (Å²) in [5.74, 6) is 0. The zero-order chi connectivity index (χ0) is 20.4. The molecule has 0 saturated carbocycles. The molecule has 6 heteroatoms. The summed E-state index contributed by atoms with van der Waals surface area (Å²) in [4.78, 5) is 0. The molecule has 0 aromatic heterocycles. The van der Waals surface area contributed by atoms with Gasteiger partial charge in [-0.05, 0) is 20.3 Å². The second-order valence-corrected chi connectivity index (χ2v) is 9.79. The Labute approximate surface area is 176 Å². The van der Waals surface area contributed by atoms with Crippen molar-refractivity contribution in [3.8, 4) is 0 Å². The first-order valence-corrected chi connectivity index (χ1v) is 12.7. The first-order chi connectivity index (χ1) is 12.8. The predicted octanol–water partition coefficient (Wildman–Crippen LogP) is 7.49. The minimum atomic E-state index is -3.85. The van der Waals surface area contributed by atoms with E-state index >= 15 is 0 Å². The summed E-state index contributed by atoms with van der Waals surface area (Å²) in [7, 11) is -2.72. The highest BCUT2D eigenvalue weighted by atomic mass is 32.3. The van der Waals surface area contributed by atoms with Crippen molar-refractivity contribution in [1.82, 2.24) is 6.15 Å². The molecule has 0 atom stereocenters. The Morgan fingerprint density at radius 3 is 1.29 bits per heavy atom. The van der Waals surface area contributed by atoms with Crippen LogP contribution in [0.2, 0.25) is 0 Å². The Morgan fingerprint density at radius 2 is 0.964 bits per heavy atom. The zero-order valence-electron chi connectivity index (χ0n) is 19.3. The van der Waals surface area contributed by atoms with Crippen LogP contribution in [0.5, 0.6) is 0 Å². The van der Waals surface area contributed by atoms with Gasteiger partial charge >= 0.3 is 10.4 Å². The van der Waals surface area contributed by atoms with E-state index in [1.165, 1.54) is 89.9 Å².